The number of carbonyl (C=O) groups is 1. The molecule has 0 N–H and O–H groups in total. The van der Waals surface area contributed by atoms with Gasteiger partial charge >= 0.3 is 0 Å². The first kappa shape index (κ1) is 14.4. The van der Waals surface area contributed by atoms with Crippen molar-refractivity contribution >= 4 is 27.3 Å². The highest BCUT2D eigenvalue weighted by Crippen LogP contribution is 2.34. The van der Waals surface area contributed by atoms with Gasteiger partial charge in [0, 0.05) is 35.8 Å². The zero-order chi connectivity index (χ0) is 14.8. The predicted molar refractivity (Wildman–Crippen MR) is 79.2 cm³/mol. The molecule has 1 aliphatic rings. The van der Waals surface area contributed by atoms with Gasteiger partial charge in [0.15, 0.2) is 0 Å². The van der Waals surface area contributed by atoms with E-state index < -0.39 is 0 Å². The minimum absolute atomic E-state index is 0.0639. The van der Waals surface area contributed by atoms with Crippen LogP contribution in [0.5, 0.6) is 0 Å². The number of hydrogen-bond donors (Lipinski definition) is 0. The summed E-state index contributed by atoms with van der Waals surface area (Å²) in [6.45, 7) is 2.46. The van der Waals surface area contributed by atoms with E-state index in [0.29, 0.717) is 42.1 Å². The molecule has 1 saturated heterocycles. The third kappa shape index (κ3) is 2.66. The summed E-state index contributed by atoms with van der Waals surface area (Å²) >= 11 is 1.33. The summed E-state index contributed by atoms with van der Waals surface area (Å²) in [5, 5.41) is 0.501. The molecule has 0 bridgehead atoms. The smallest absolute Gasteiger partial charge is 0.264 e. The Morgan fingerprint density at radius 2 is 2.19 bits per heavy atom. The van der Waals surface area contributed by atoms with Crippen LogP contribution in [0.2, 0.25) is 0 Å². The highest BCUT2D eigenvalue weighted by molar-refractivity contribution is 7.21. The average molecular weight is 309 g/mol. The van der Waals surface area contributed by atoms with Crippen molar-refractivity contribution < 1.29 is 18.7 Å². The van der Waals surface area contributed by atoms with Crippen molar-refractivity contribution in [2.24, 2.45) is 0 Å². The van der Waals surface area contributed by atoms with E-state index in [1.807, 2.05) is 6.07 Å². The molecule has 1 fully saturated rings. The van der Waals surface area contributed by atoms with Crippen molar-refractivity contribution in [2.45, 2.75) is 6.61 Å². The molecule has 0 atom stereocenters. The highest BCUT2D eigenvalue weighted by Gasteiger charge is 2.25. The Morgan fingerprint density at radius 3 is 2.90 bits per heavy atom. The number of amides is 1. The van der Waals surface area contributed by atoms with Crippen molar-refractivity contribution in [3.8, 4) is 0 Å². The normalized spacial score (nSPS) is 15.6. The van der Waals surface area contributed by atoms with Crippen LogP contribution < -0.4 is 0 Å². The monoisotopic (exact) mass is 309 g/mol. The molecule has 0 unspecified atom stereocenters. The van der Waals surface area contributed by atoms with Crippen molar-refractivity contribution in [2.75, 3.05) is 33.4 Å². The maximum atomic E-state index is 14.1. The number of fused-ring (bicyclic) bond motifs is 1. The molecular formula is C15H16FNO3S. The van der Waals surface area contributed by atoms with E-state index in [9.17, 15) is 9.18 Å². The van der Waals surface area contributed by atoms with Crippen molar-refractivity contribution in [3.05, 3.63) is 34.5 Å². The second-order valence-corrected chi connectivity index (χ2v) is 5.91. The fourth-order valence-electron chi connectivity index (χ4n) is 2.53. The topological polar surface area (TPSA) is 38.8 Å². The first-order chi connectivity index (χ1) is 10.2. The zero-order valence-corrected chi connectivity index (χ0v) is 12.5. The van der Waals surface area contributed by atoms with Gasteiger partial charge in [-0.2, -0.15) is 0 Å². The largest absolute Gasteiger partial charge is 0.380 e. The van der Waals surface area contributed by atoms with Gasteiger partial charge in [-0.05, 0) is 12.1 Å². The van der Waals surface area contributed by atoms with Crippen LogP contribution in [0.25, 0.3) is 10.1 Å². The average Bonchev–Trinajstić information content (AvgIpc) is 2.88. The summed E-state index contributed by atoms with van der Waals surface area (Å²) in [5.41, 5.74) is 0.645. The fraction of sp³-hybridized carbons (Fsp3) is 0.400. The molecule has 112 valence electrons. The summed E-state index contributed by atoms with van der Waals surface area (Å²) in [6, 6.07) is 4.91. The van der Waals surface area contributed by atoms with Gasteiger partial charge in [-0.1, -0.05) is 6.07 Å². The number of nitrogens with zero attached hydrogens (tertiary/aromatic N) is 1. The third-order valence-corrected chi connectivity index (χ3v) is 4.73. The van der Waals surface area contributed by atoms with Crippen molar-refractivity contribution in [3.63, 3.8) is 0 Å². The molecule has 3 rings (SSSR count). The fourth-order valence-corrected chi connectivity index (χ4v) is 3.72. The standard InChI is InChI=1S/C15H16FNO3S/c1-19-9-10-13-11(16)3-2-4-12(13)21-14(10)15(18)17-5-7-20-8-6-17/h2-4H,5-9H2,1H3. The molecule has 1 aromatic heterocycles. The van der Waals surface area contributed by atoms with Gasteiger partial charge in [0.2, 0.25) is 0 Å². The summed E-state index contributed by atoms with van der Waals surface area (Å²) in [7, 11) is 1.55. The summed E-state index contributed by atoms with van der Waals surface area (Å²) < 4.78 is 25.3. The maximum absolute atomic E-state index is 14.1. The lowest BCUT2D eigenvalue weighted by atomic mass is 10.1. The SMILES string of the molecule is COCc1c(C(=O)N2CCOCC2)sc2cccc(F)c12. The van der Waals surface area contributed by atoms with E-state index in [-0.39, 0.29) is 18.3 Å². The molecule has 6 heteroatoms. The first-order valence-electron chi connectivity index (χ1n) is 6.78. The number of rotatable bonds is 3. The second kappa shape index (κ2) is 6.09. The van der Waals surface area contributed by atoms with E-state index >= 15 is 0 Å². The highest BCUT2D eigenvalue weighted by atomic mass is 32.1. The van der Waals surface area contributed by atoms with Crippen LogP contribution >= 0.6 is 11.3 Å². The van der Waals surface area contributed by atoms with Gasteiger partial charge in [-0.3, -0.25) is 4.79 Å². The molecule has 2 aromatic rings. The number of carbonyl (C=O) groups excluding carboxylic acids is 1. The minimum atomic E-state index is -0.308. The molecule has 0 saturated carbocycles. The number of hydrogen-bond acceptors (Lipinski definition) is 4. The van der Waals surface area contributed by atoms with Crippen LogP contribution in [0.3, 0.4) is 0 Å². The van der Waals surface area contributed by atoms with Gasteiger partial charge < -0.3 is 14.4 Å². The molecule has 0 radical (unpaired) electrons. The number of methoxy groups -OCH3 is 1. The summed E-state index contributed by atoms with van der Waals surface area (Å²) in [6.07, 6.45) is 0. The lowest BCUT2D eigenvalue weighted by Crippen LogP contribution is -2.40. The zero-order valence-electron chi connectivity index (χ0n) is 11.7. The quantitative estimate of drug-likeness (QED) is 0.875. The molecule has 1 aromatic carbocycles. The Balaban J connectivity index is 2.06. The number of benzene rings is 1. The third-order valence-electron chi connectivity index (χ3n) is 3.54. The Kier molecular flexibility index (Phi) is 4.19. The van der Waals surface area contributed by atoms with Crippen molar-refractivity contribution in [1.29, 1.82) is 0 Å². The van der Waals surface area contributed by atoms with Crippen LogP contribution in [0.4, 0.5) is 4.39 Å². The van der Waals surface area contributed by atoms with E-state index in [2.05, 4.69) is 0 Å². The van der Waals surface area contributed by atoms with Gasteiger partial charge in [0.05, 0.1) is 24.7 Å². The Morgan fingerprint density at radius 1 is 1.43 bits per heavy atom. The van der Waals surface area contributed by atoms with E-state index in [1.165, 1.54) is 17.4 Å². The van der Waals surface area contributed by atoms with Gasteiger partial charge in [-0.15, -0.1) is 11.3 Å². The molecule has 2 heterocycles. The summed E-state index contributed by atoms with van der Waals surface area (Å²) in [4.78, 5) is 15.0. The summed E-state index contributed by atoms with van der Waals surface area (Å²) in [5.74, 6) is -0.372. The predicted octanol–water partition coefficient (Wildman–Crippen LogP) is 2.66. The molecule has 0 aliphatic carbocycles. The van der Waals surface area contributed by atoms with Crippen LogP contribution in [0.15, 0.2) is 18.2 Å². The Labute approximate surface area is 126 Å². The molecule has 0 spiro atoms. The van der Waals surface area contributed by atoms with Crippen LogP contribution in [-0.2, 0) is 16.1 Å². The lowest BCUT2D eigenvalue weighted by Gasteiger charge is -2.26. The number of thiophene rings is 1. The van der Waals surface area contributed by atoms with Gasteiger partial charge in [0.25, 0.3) is 5.91 Å². The molecule has 1 amide bonds. The molecule has 4 nitrogen and oxygen atoms in total. The number of halogens is 1. The van der Waals surface area contributed by atoms with E-state index in [4.69, 9.17) is 9.47 Å². The van der Waals surface area contributed by atoms with E-state index in [0.717, 1.165) is 4.70 Å². The molecule has 21 heavy (non-hydrogen) atoms. The maximum Gasteiger partial charge on any atom is 0.264 e. The second-order valence-electron chi connectivity index (χ2n) is 4.86. The number of morpholine rings is 1. The van der Waals surface area contributed by atoms with Crippen LogP contribution in [-0.4, -0.2) is 44.2 Å². The molecule has 1 aliphatic heterocycles. The molecular weight excluding hydrogens is 293 g/mol. The van der Waals surface area contributed by atoms with E-state index in [1.54, 1.807) is 18.1 Å². The van der Waals surface area contributed by atoms with Crippen LogP contribution in [0.1, 0.15) is 15.2 Å². The first-order valence-corrected chi connectivity index (χ1v) is 7.60. The van der Waals surface area contributed by atoms with Gasteiger partial charge in [0.1, 0.15) is 5.82 Å². The van der Waals surface area contributed by atoms with Gasteiger partial charge in [-0.25, -0.2) is 4.39 Å². The Hall–Kier alpha value is -1.50. The Bertz CT molecular complexity index is 664. The van der Waals surface area contributed by atoms with Crippen LogP contribution in [0, 0.1) is 5.82 Å². The number of ether oxygens (including phenoxy) is 2. The minimum Gasteiger partial charge on any atom is -0.380 e. The lowest BCUT2D eigenvalue weighted by molar-refractivity contribution is 0.0304. The van der Waals surface area contributed by atoms with Crippen molar-refractivity contribution in [1.82, 2.24) is 4.90 Å².